The fraction of sp³-hybridized carbons (Fsp3) is 0.333. The van der Waals surface area contributed by atoms with Crippen molar-refractivity contribution in [2.45, 2.75) is 45.3 Å². The Balaban J connectivity index is 1.74. The van der Waals surface area contributed by atoms with Gasteiger partial charge in [0.2, 0.25) is 28.6 Å². The van der Waals surface area contributed by atoms with Crippen molar-refractivity contribution in [3.8, 4) is 11.5 Å². The van der Waals surface area contributed by atoms with E-state index in [2.05, 4.69) is 21.2 Å². The maximum atomic E-state index is 14.2. The molecule has 0 spiro atoms. The minimum Gasteiger partial charge on any atom is -0.454 e. The van der Waals surface area contributed by atoms with Gasteiger partial charge in [-0.15, -0.1) is 0 Å². The normalized spacial score (nSPS) is 13.4. The van der Waals surface area contributed by atoms with Crippen LogP contribution in [0.4, 0.5) is 5.69 Å². The molecule has 1 atom stereocenters. The number of carbonyl (C=O) groups excluding carboxylic acids is 2. The molecule has 4 rings (SSSR count). The van der Waals surface area contributed by atoms with Gasteiger partial charge < -0.3 is 19.7 Å². The Morgan fingerprint density at radius 2 is 1.63 bits per heavy atom. The fourth-order valence-electron chi connectivity index (χ4n) is 4.49. The number of amides is 2. The van der Waals surface area contributed by atoms with Crippen molar-refractivity contribution in [2.75, 3.05) is 23.9 Å². The molecule has 0 aliphatic carbocycles. The first kappa shape index (κ1) is 30.4. The molecule has 2 amide bonds. The lowest BCUT2D eigenvalue weighted by molar-refractivity contribution is -0.140. The third-order valence-electron chi connectivity index (χ3n) is 6.33. The molecule has 41 heavy (non-hydrogen) atoms. The number of nitrogens with one attached hydrogen (secondary N) is 1. The van der Waals surface area contributed by atoms with E-state index in [4.69, 9.17) is 9.47 Å². The van der Waals surface area contributed by atoms with Crippen molar-refractivity contribution >= 4 is 43.5 Å². The van der Waals surface area contributed by atoms with Crippen molar-refractivity contribution in [3.05, 3.63) is 88.4 Å². The van der Waals surface area contributed by atoms with E-state index >= 15 is 0 Å². The van der Waals surface area contributed by atoms with E-state index in [1.54, 1.807) is 12.1 Å². The highest BCUT2D eigenvalue weighted by Gasteiger charge is 2.34. The molecular weight excluding hydrogens is 610 g/mol. The molecule has 0 aromatic heterocycles. The van der Waals surface area contributed by atoms with Gasteiger partial charge in [-0.2, -0.15) is 0 Å². The quantitative estimate of drug-likeness (QED) is 0.349. The average molecular weight is 645 g/mol. The van der Waals surface area contributed by atoms with Crippen LogP contribution in [0.3, 0.4) is 0 Å². The van der Waals surface area contributed by atoms with Crippen molar-refractivity contribution in [2.24, 2.45) is 0 Å². The number of fused-ring (bicyclic) bond motifs is 1. The summed E-state index contributed by atoms with van der Waals surface area (Å²) in [6, 6.07) is 20.7. The molecular formula is C30H34BrN3O6S. The van der Waals surface area contributed by atoms with E-state index in [1.807, 2.05) is 75.4 Å². The number of sulfonamides is 1. The predicted octanol–water partition coefficient (Wildman–Crippen LogP) is 4.50. The van der Waals surface area contributed by atoms with Crippen LogP contribution in [-0.4, -0.2) is 56.3 Å². The van der Waals surface area contributed by atoms with Crippen LogP contribution in [0, 0.1) is 0 Å². The van der Waals surface area contributed by atoms with Gasteiger partial charge in [-0.25, -0.2) is 8.42 Å². The standard InChI is InChI=1S/C30H34BrN3O6S/c1-30(2,3)32-29(36)25(16-21-9-6-5-7-10-21)33(18-22-11-8-12-23(31)15-22)28(35)19-34(41(4,37)38)24-13-14-26-27(17-24)40-20-39-26/h5-15,17,25H,16,18-20H2,1-4H3,(H,32,36)/t25-/m1/s1. The van der Waals surface area contributed by atoms with Gasteiger partial charge in [0.05, 0.1) is 11.9 Å². The first-order chi connectivity index (χ1) is 19.3. The highest BCUT2D eigenvalue weighted by molar-refractivity contribution is 9.10. The van der Waals surface area contributed by atoms with Crippen LogP contribution in [0.15, 0.2) is 77.3 Å². The summed E-state index contributed by atoms with van der Waals surface area (Å²) < 4.78 is 38.6. The highest BCUT2D eigenvalue weighted by Crippen LogP contribution is 2.36. The van der Waals surface area contributed by atoms with Gasteiger partial charge in [-0.1, -0.05) is 58.4 Å². The Morgan fingerprint density at radius 1 is 0.951 bits per heavy atom. The Kier molecular flexibility index (Phi) is 9.28. The van der Waals surface area contributed by atoms with Crippen LogP contribution in [0.2, 0.25) is 0 Å². The molecule has 0 saturated carbocycles. The smallest absolute Gasteiger partial charge is 0.244 e. The van der Waals surface area contributed by atoms with Gasteiger partial charge in [0, 0.05) is 29.0 Å². The first-order valence-electron chi connectivity index (χ1n) is 13.1. The number of nitrogens with zero attached hydrogens (tertiary/aromatic N) is 2. The number of rotatable bonds is 10. The van der Waals surface area contributed by atoms with E-state index in [0.29, 0.717) is 11.5 Å². The summed E-state index contributed by atoms with van der Waals surface area (Å²) >= 11 is 3.48. The van der Waals surface area contributed by atoms with E-state index in [9.17, 15) is 18.0 Å². The Morgan fingerprint density at radius 3 is 2.29 bits per heavy atom. The zero-order chi connectivity index (χ0) is 29.8. The van der Waals surface area contributed by atoms with E-state index in [-0.39, 0.29) is 31.4 Å². The summed E-state index contributed by atoms with van der Waals surface area (Å²) in [4.78, 5) is 29.4. The maximum absolute atomic E-state index is 14.2. The monoisotopic (exact) mass is 643 g/mol. The third-order valence-corrected chi connectivity index (χ3v) is 7.97. The molecule has 9 nitrogen and oxygen atoms in total. The lowest BCUT2D eigenvalue weighted by atomic mass is 10.0. The first-order valence-corrected chi connectivity index (χ1v) is 15.7. The summed E-state index contributed by atoms with van der Waals surface area (Å²) in [7, 11) is -3.90. The second-order valence-corrected chi connectivity index (χ2v) is 13.7. The van der Waals surface area contributed by atoms with Gasteiger partial charge in [0.25, 0.3) is 0 Å². The summed E-state index contributed by atoms with van der Waals surface area (Å²) in [5, 5.41) is 3.01. The van der Waals surface area contributed by atoms with Crippen LogP contribution in [0.25, 0.3) is 0 Å². The van der Waals surface area contributed by atoms with Gasteiger partial charge in [-0.05, 0) is 56.2 Å². The number of hydrogen-bond donors (Lipinski definition) is 1. The zero-order valence-electron chi connectivity index (χ0n) is 23.5. The molecule has 218 valence electrons. The molecule has 0 saturated heterocycles. The number of halogens is 1. The largest absolute Gasteiger partial charge is 0.454 e. The van der Waals surface area contributed by atoms with Crippen molar-refractivity contribution < 1.29 is 27.5 Å². The number of benzene rings is 3. The number of hydrogen-bond acceptors (Lipinski definition) is 6. The SMILES string of the molecule is CC(C)(C)NC(=O)[C@@H](Cc1ccccc1)N(Cc1cccc(Br)c1)C(=O)CN(c1ccc2c(c1)OCO2)S(C)(=O)=O. The van der Waals surface area contributed by atoms with E-state index < -0.39 is 34.1 Å². The topological polar surface area (TPSA) is 105 Å². The molecule has 1 aliphatic rings. The number of carbonyl (C=O) groups is 2. The number of anilines is 1. The van der Waals surface area contributed by atoms with Gasteiger partial charge >= 0.3 is 0 Å². The highest BCUT2D eigenvalue weighted by atomic mass is 79.9. The second kappa shape index (κ2) is 12.5. The lowest BCUT2D eigenvalue weighted by Gasteiger charge is -2.35. The molecule has 0 radical (unpaired) electrons. The molecule has 1 aliphatic heterocycles. The minimum absolute atomic E-state index is 0.0288. The van der Waals surface area contributed by atoms with Crippen LogP contribution >= 0.6 is 15.9 Å². The van der Waals surface area contributed by atoms with Gasteiger partial charge in [0.15, 0.2) is 11.5 Å². The van der Waals surface area contributed by atoms with Crippen molar-refractivity contribution in [1.29, 1.82) is 0 Å². The van der Waals surface area contributed by atoms with Crippen LogP contribution in [0.5, 0.6) is 11.5 Å². The molecule has 1 N–H and O–H groups in total. The Labute approximate surface area is 249 Å². The lowest BCUT2D eigenvalue weighted by Crippen LogP contribution is -2.56. The third kappa shape index (κ3) is 8.23. The molecule has 3 aromatic rings. The van der Waals surface area contributed by atoms with Gasteiger partial charge in [-0.3, -0.25) is 13.9 Å². The van der Waals surface area contributed by atoms with Crippen LogP contribution in [-0.2, 0) is 32.6 Å². The summed E-state index contributed by atoms with van der Waals surface area (Å²) in [5.74, 6) is 0.0180. The molecule has 0 fully saturated rings. The number of ether oxygens (including phenoxy) is 2. The summed E-state index contributed by atoms with van der Waals surface area (Å²) in [5.41, 5.74) is 1.35. The predicted molar refractivity (Wildman–Crippen MR) is 161 cm³/mol. The van der Waals surface area contributed by atoms with E-state index in [0.717, 1.165) is 26.2 Å². The molecule has 11 heteroatoms. The van der Waals surface area contributed by atoms with Gasteiger partial charge in [0.1, 0.15) is 12.6 Å². The second-order valence-electron chi connectivity index (χ2n) is 10.9. The zero-order valence-corrected chi connectivity index (χ0v) is 25.9. The fourth-order valence-corrected chi connectivity index (χ4v) is 5.78. The molecule has 0 bridgehead atoms. The molecule has 1 heterocycles. The van der Waals surface area contributed by atoms with Crippen LogP contribution in [0.1, 0.15) is 31.9 Å². The van der Waals surface area contributed by atoms with E-state index in [1.165, 1.54) is 11.0 Å². The molecule has 0 unspecified atom stereocenters. The Bertz CT molecular complexity index is 1510. The Hall–Kier alpha value is -3.57. The summed E-state index contributed by atoms with van der Waals surface area (Å²) in [6.07, 6.45) is 1.28. The average Bonchev–Trinajstić information content (AvgIpc) is 3.36. The molecule has 3 aromatic carbocycles. The summed E-state index contributed by atoms with van der Waals surface area (Å²) in [6.45, 7) is 5.22. The van der Waals surface area contributed by atoms with Crippen molar-refractivity contribution in [1.82, 2.24) is 10.2 Å². The minimum atomic E-state index is -3.90. The van der Waals surface area contributed by atoms with Crippen molar-refractivity contribution in [3.63, 3.8) is 0 Å². The maximum Gasteiger partial charge on any atom is 0.244 e. The van der Waals surface area contributed by atoms with Crippen LogP contribution < -0.4 is 19.1 Å².